The third kappa shape index (κ3) is 3.45. The van der Waals surface area contributed by atoms with E-state index >= 15 is 0 Å². The molecule has 0 spiro atoms. The van der Waals surface area contributed by atoms with E-state index in [4.69, 9.17) is 4.42 Å². The van der Waals surface area contributed by atoms with Crippen LogP contribution in [0.25, 0.3) is 11.3 Å². The number of hydrogen-bond acceptors (Lipinski definition) is 6. The van der Waals surface area contributed by atoms with Gasteiger partial charge in [0.1, 0.15) is 5.82 Å². The lowest BCUT2D eigenvalue weighted by Gasteiger charge is -2.17. The second-order valence-corrected chi connectivity index (χ2v) is 7.93. The van der Waals surface area contributed by atoms with Gasteiger partial charge in [-0.15, -0.1) is 10.2 Å². The van der Waals surface area contributed by atoms with E-state index in [0.29, 0.717) is 23.4 Å². The zero-order chi connectivity index (χ0) is 18.2. The summed E-state index contributed by atoms with van der Waals surface area (Å²) in [5.41, 5.74) is 0.817. The number of hydrogen-bond donors (Lipinski definition) is 0. The second-order valence-electron chi connectivity index (χ2n) is 6.99. The standard InChI is InChI=1S/C19H20FN5OS/c20-14-5-3-13(4-6-14)16-11-21-17(26-16)12-27-19-23-22-18(24-9-1-2-10-24)25(19)15-7-8-15/h3-6,11,15H,1-2,7-10,12H2. The fourth-order valence-electron chi connectivity index (χ4n) is 3.40. The van der Waals surface area contributed by atoms with Crippen LogP contribution < -0.4 is 4.90 Å². The molecule has 0 atom stereocenters. The molecule has 3 aromatic rings. The maximum Gasteiger partial charge on any atom is 0.228 e. The van der Waals surface area contributed by atoms with Gasteiger partial charge in [-0.05, 0) is 49.9 Å². The smallest absolute Gasteiger partial charge is 0.228 e. The van der Waals surface area contributed by atoms with E-state index < -0.39 is 0 Å². The number of halogens is 1. The number of rotatable bonds is 6. The van der Waals surface area contributed by atoms with Crippen LogP contribution in [0.1, 0.15) is 37.6 Å². The maximum absolute atomic E-state index is 13.1. The molecule has 3 heterocycles. The predicted octanol–water partition coefficient (Wildman–Crippen LogP) is 4.30. The van der Waals surface area contributed by atoms with Gasteiger partial charge in [0.05, 0.1) is 11.9 Å². The molecule has 2 aliphatic rings. The molecule has 2 fully saturated rings. The molecule has 0 amide bonds. The van der Waals surface area contributed by atoms with Crippen molar-refractivity contribution < 1.29 is 8.81 Å². The van der Waals surface area contributed by atoms with Crippen molar-refractivity contribution in [3.63, 3.8) is 0 Å². The van der Waals surface area contributed by atoms with Gasteiger partial charge in [-0.25, -0.2) is 9.37 Å². The highest BCUT2D eigenvalue weighted by Crippen LogP contribution is 2.41. The normalized spacial score (nSPS) is 17.0. The third-order valence-electron chi connectivity index (χ3n) is 4.95. The van der Waals surface area contributed by atoms with Crippen LogP contribution in [0.2, 0.25) is 0 Å². The van der Waals surface area contributed by atoms with Gasteiger partial charge in [-0.1, -0.05) is 11.8 Å². The Hall–Kier alpha value is -2.35. The van der Waals surface area contributed by atoms with E-state index in [-0.39, 0.29) is 5.82 Å². The monoisotopic (exact) mass is 385 g/mol. The quantitative estimate of drug-likeness (QED) is 0.590. The summed E-state index contributed by atoms with van der Waals surface area (Å²) in [4.78, 5) is 6.70. The molecule has 1 aliphatic carbocycles. The van der Waals surface area contributed by atoms with Gasteiger partial charge in [0, 0.05) is 24.7 Å². The highest BCUT2D eigenvalue weighted by atomic mass is 32.2. The van der Waals surface area contributed by atoms with E-state index in [0.717, 1.165) is 29.8 Å². The zero-order valence-electron chi connectivity index (χ0n) is 14.8. The second kappa shape index (κ2) is 6.99. The van der Waals surface area contributed by atoms with Crippen molar-refractivity contribution in [3.8, 4) is 11.3 Å². The van der Waals surface area contributed by atoms with Crippen LogP contribution in [0, 0.1) is 5.82 Å². The number of anilines is 1. The van der Waals surface area contributed by atoms with Crippen molar-refractivity contribution in [2.45, 2.75) is 42.6 Å². The van der Waals surface area contributed by atoms with Gasteiger partial charge in [0.15, 0.2) is 10.9 Å². The lowest BCUT2D eigenvalue weighted by Crippen LogP contribution is -2.22. The predicted molar refractivity (Wildman–Crippen MR) is 101 cm³/mol. The van der Waals surface area contributed by atoms with Crippen molar-refractivity contribution in [1.29, 1.82) is 0 Å². The molecule has 8 heteroatoms. The molecular formula is C19H20FN5OS. The Morgan fingerprint density at radius 2 is 1.89 bits per heavy atom. The number of oxazole rings is 1. The Kier molecular flexibility index (Phi) is 4.35. The van der Waals surface area contributed by atoms with Crippen molar-refractivity contribution in [2.75, 3.05) is 18.0 Å². The zero-order valence-corrected chi connectivity index (χ0v) is 15.7. The first-order chi connectivity index (χ1) is 13.3. The molecule has 1 saturated heterocycles. The van der Waals surface area contributed by atoms with Gasteiger partial charge in [-0.3, -0.25) is 4.57 Å². The number of benzene rings is 1. The van der Waals surface area contributed by atoms with E-state index in [2.05, 4.69) is 24.6 Å². The van der Waals surface area contributed by atoms with Gasteiger partial charge in [-0.2, -0.15) is 0 Å². The van der Waals surface area contributed by atoms with Crippen LogP contribution in [0.5, 0.6) is 0 Å². The highest BCUT2D eigenvalue weighted by Gasteiger charge is 2.32. The summed E-state index contributed by atoms with van der Waals surface area (Å²) in [5, 5.41) is 9.83. The van der Waals surface area contributed by atoms with E-state index in [1.54, 1.807) is 30.1 Å². The summed E-state index contributed by atoms with van der Waals surface area (Å²) in [7, 11) is 0. The first kappa shape index (κ1) is 16.8. The Morgan fingerprint density at radius 1 is 1.11 bits per heavy atom. The molecule has 6 nitrogen and oxygen atoms in total. The molecule has 0 bridgehead atoms. The van der Waals surface area contributed by atoms with E-state index in [1.165, 1.54) is 37.8 Å². The minimum Gasteiger partial charge on any atom is -0.440 e. The third-order valence-corrected chi connectivity index (χ3v) is 5.88. The lowest BCUT2D eigenvalue weighted by molar-refractivity contribution is 0.529. The van der Waals surface area contributed by atoms with Crippen molar-refractivity contribution in [1.82, 2.24) is 19.7 Å². The molecule has 0 N–H and O–H groups in total. The summed E-state index contributed by atoms with van der Waals surface area (Å²) in [6.45, 7) is 2.13. The summed E-state index contributed by atoms with van der Waals surface area (Å²) >= 11 is 1.61. The number of thioether (sulfide) groups is 1. The first-order valence-corrected chi connectivity index (χ1v) is 10.3. The van der Waals surface area contributed by atoms with Crippen LogP contribution >= 0.6 is 11.8 Å². The molecule has 27 heavy (non-hydrogen) atoms. The maximum atomic E-state index is 13.1. The molecule has 2 aromatic heterocycles. The number of aromatic nitrogens is 4. The van der Waals surface area contributed by atoms with Crippen LogP contribution in [-0.4, -0.2) is 32.8 Å². The summed E-state index contributed by atoms with van der Waals surface area (Å²) < 4.78 is 21.2. The molecule has 5 rings (SSSR count). The fourth-order valence-corrected chi connectivity index (χ4v) is 4.26. The van der Waals surface area contributed by atoms with Crippen LogP contribution in [-0.2, 0) is 5.75 Å². The summed E-state index contributed by atoms with van der Waals surface area (Å²) in [5.74, 6) is 2.62. The molecule has 1 aliphatic heterocycles. The van der Waals surface area contributed by atoms with E-state index in [9.17, 15) is 4.39 Å². The summed E-state index contributed by atoms with van der Waals surface area (Å²) in [6.07, 6.45) is 6.52. The Balaban J connectivity index is 1.31. The average Bonchev–Trinajstić information content (AvgIpc) is 3.10. The van der Waals surface area contributed by atoms with Crippen molar-refractivity contribution in [2.24, 2.45) is 0 Å². The van der Waals surface area contributed by atoms with Gasteiger partial charge in [0.25, 0.3) is 0 Å². The van der Waals surface area contributed by atoms with Gasteiger partial charge < -0.3 is 9.32 Å². The molecule has 1 aromatic carbocycles. The fraction of sp³-hybridized carbons (Fsp3) is 0.421. The summed E-state index contributed by atoms with van der Waals surface area (Å²) in [6, 6.07) is 6.75. The largest absolute Gasteiger partial charge is 0.440 e. The molecular weight excluding hydrogens is 365 g/mol. The minimum absolute atomic E-state index is 0.262. The topological polar surface area (TPSA) is 60.0 Å². The van der Waals surface area contributed by atoms with Crippen LogP contribution in [0.4, 0.5) is 10.3 Å². The molecule has 140 valence electrons. The average molecular weight is 385 g/mol. The van der Waals surface area contributed by atoms with Crippen LogP contribution in [0.15, 0.2) is 40.0 Å². The molecule has 1 saturated carbocycles. The minimum atomic E-state index is -0.262. The van der Waals surface area contributed by atoms with E-state index in [1.807, 2.05) is 0 Å². The Morgan fingerprint density at radius 3 is 2.63 bits per heavy atom. The highest BCUT2D eigenvalue weighted by molar-refractivity contribution is 7.98. The SMILES string of the molecule is Fc1ccc(-c2cnc(CSc3nnc(N4CCCC4)n3C3CC3)o2)cc1. The Labute approximate surface area is 160 Å². The number of nitrogens with zero attached hydrogens (tertiary/aromatic N) is 5. The van der Waals surface area contributed by atoms with Crippen LogP contribution in [0.3, 0.4) is 0 Å². The molecule has 0 unspecified atom stereocenters. The van der Waals surface area contributed by atoms with Crippen molar-refractivity contribution in [3.05, 3.63) is 42.2 Å². The molecule has 0 radical (unpaired) electrons. The lowest BCUT2D eigenvalue weighted by atomic mass is 10.2. The van der Waals surface area contributed by atoms with Gasteiger partial charge >= 0.3 is 0 Å². The van der Waals surface area contributed by atoms with Crippen molar-refractivity contribution >= 4 is 17.7 Å². The van der Waals surface area contributed by atoms with Gasteiger partial charge in [0.2, 0.25) is 11.8 Å². The first-order valence-electron chi connectivity index (χ1n) is 9.31. The Bertz CT molecular complexity index is 928.